The molecule has 2 aliphatic rings. The molecule has 0 atom stereocenters. The van der Waals surface area contributed by atoms with Gasteiger partial charge in [0.05, 0.1) is 17.1 Å². The van der Waals surface area contributed by atoms with Crippen molar-refractivity contribution in [2.24, 2.45) is 0 Å². The van der Waals surface area contributed by atoms with Crippen LogP contribution in [-0.2, 0) is 19.1 Å². The predicted molar refractivity (Wildman–Crippen MR) is 151 cm³/mol. The Labute approximate surface area is 229 Å². The molecule has 1 aliphatic carbocycles. The SMILES string of the molecule is CC1(C)C(=O)Nc2ccccc2N1C(=O)COC(=O)CSc1ccc2c3c(cccc13)C(=O)c1ccccc1-2. The number of ether oxygens (including phenoxy) is 1. The third-order valence-electron chi connectivity index (χ3n) is 7.17. The average Bonchev–Trinajstić information content (AvgIpc) is 2.94. The fraction of sp³-hybridized carbons (Fsp3) is 0.161. The molecule has 0 aromatic heterocycles. The molecular formula is C31H24N2O5S. The maximum absolute atomic E-state index is 13.2. The number of carbonyl (C=O) groups excluding carboxylic acids is 4. The first-order valence-corrected chi connectivity index (χ1v) is 13.5. The number of anilines is 2. The number of thioether (sulfide) groups is 1. The van der Waals surface area contributed by atoms with Gasteiger partial charge in [-0.25, -0.2) is 0 Å². The van der Waals surface area contributed by atoms with Gasteiger partial charge < -0.3 is 10.1 Å². The van der Waals surface area contributed by atoms with E-state index in [0.29, 0.717) is 22.5 Å². The van der Waals surface area contributed by atoms with Crippen molar-refractivity contribution in [2.75, 3.05) is 22.6 Å². The molecule has 7 nitrogen and oxygen atoms in total. The molecule has 1 heterocycles. The van der Waals surface area contributed by atoms with Gasteiger partial charge in [-0.05, 0) is 48.6 Å². The summed E-state index contributed by atoms with van der Waals surface area (Å²) in [6.45, 7) is 2.81. The normalized spacial score (nSPS) is 14.9. The number of fused-ring (bicyclic) bond motifs is 3. The summed E-state index contributed by atoms with van der Waals surface area (Å²) >= 11 is 1.29. The van der Waals surface area contributed by atoms with E-state index in [4.69, 9.17) is 4.74 Å². The van der Waals surface area contributed by atoms with Gasteiger partial charge in [0.2, 0.25) is 5.91 Å². The Morgan fingerprint density at radius 2 is 1.56 bits per heavy atom. The van der Waals surface area contributed by atoms with Crippen molar-refractivity contribution in [3.63, 3.8) is 0 Å². The fourth-order valence-electron chi connectivity index (χ4n) is 5.26. The highest BCUT2D eigenvalue weighted by atomic mass is 32.2. The minimum Gasteiger partial charge on any atom is -0.455 e. The molecule has 0 spiro atoms. The molecule has 0 radical (unpaired) electrons. The molecule has 8 heteroatoms. The number of amides is 2. The number of nitrogens with zero attached hydrogens (tertiary/aromatic N) is 1. The highest BCUT2D eigenvalue weighted by Crippen LogP contribution is 2.42. The molecule has 39 heavy (non-hydrogen) atoms. The number of hydrogen-bond donors (Lipinski definition) is 1. The van der Waals surface area contributed by atoms with Crippen LogP contribution in [0.5, 0.6) is 0 Å². The van der Waals surface area contributed by atoms with E-state index < -0.39 is 24.0 Å². The van der Waals surface area contributed by atoms with E-state index in [9.17, 15) is 19.2 Å². The number of ketones is 1. The summed E-state index contributed by atoms with van der Waals surface area (Å²) in [5, 5.41) is 4.57. The number of hydrogen-bond acceptors (Lipinski definition) is 6. The summed E-state index contributed by atoms with van der Waals surface area (Å²) in [5.74, 6) is -1.39. The van der Waals surface area contributed by atoms with Crippen molar-refractivity contribution in [2.45, 2.75) is 24.3 Å². The van der Waals surface area contributed by atoms with Gasteiger partial charge in [0.25, 0.3) is 5.91 Å². The van der Waals surface area contributed by atoms with Crippen LogP contribution in [0.15, 0.2) is 83.8 Å². The average molecular weight is 537 g/mol. The largest absolute Gasteiger partial charge is 0.455 e. The molecule has 6 rings (SSSR count). The van der Waals surface area contributed by atoms with Crippen molar-refractivity contribution in [3.05, 3.63) is 90.0 Å². The van der Waals surface area contributed by atoms with Crippen molar-refractivity contribution < 1.29 is 23.9 Å². The van der Waals surface area contributed by atoms with Crippen LogP contribution in [0.3, 0.4) is 0 Å². The molecular weight excluding hydrogens is 512 g/mol. The number of para-hydroxylation sites is 2. The van der Waals surface area contributed by atoms with Gasteiger partial charge in [-0.15, -0.1) is 11.8 Å². The summed E-state index contributed by atoms with van der Waals surface area (Å²) in [6.07, 6.45) is 0. The molecule has 4 aromatic rings. The third kappa shape index (κ3) is 4.08. The lowest BCUT2D eigenvalue weighted by molar-refractivity contribution is -0.145. The van der Waals surface area contributed by atoms with E-state index in [1.807, 2.05) is 54.6 Å². The minimum absolute atomic E-state index is 0.0142. The van der Waals surface area contributed by atoms with Crippen LogP contribution < -0.4 is 10.2 Å². The Bertz CT molecular complexity index is 1710. The Kier molecular flexibility index (Phi) is 5.99. The van der Waals surface area contributed by atoms with Crippen LogP contribution in [0.25, 0.3) is 21.9 Å². The van der Waals surface area contributed by atoms with Gasteiger partial charge in [0.1, 0.15) is 5.54 Å². The maximum Gasteiger partial charge on any atom is 0.316 e. The molecule has 0 bridgehead atoms. The Morgan fingerprint density at radius 1 is 0.846 bits per heavy atom. The topological polar surface area (TPSA) is 92.8 Å². The van der Waals surface area contributed by atoms with Gasteiger partial charge in [0.15, 0.2) is 12.4 Å². The van der Waals surface area contributed by atoms with Crippen LogP contribution in [0.2, 0.25) is 0 Å². The summed E-state index contributed by atoms with van der Waals surface area (Å²) in [5.41, 5.74) is 3.15. The lowest BCUT2D eigenvalue weighted by Crippen LogP contribution is -2.59. The van der Waals surface area contributed by atoms with Gasteiger partial charge in [-0.1, -0.05) is 60.7 Å². The van der Waals surface area contributed by atoms with Crippen LogP contribution in [-0.4, -0.2) is 41.5 Å². The minimum atomic E-state index is -1.15. The first kappa shape index (κ1) is 24.9. The smallest absolute Gasteiger partial charge is 0.316 e. The molecule has 2 amide bonds. The van der Waals surface area contributed by atoms with E-state index >= 15 is 0 Å². The van der Waals surface area contributed by atoms with Crippen LogP contribution in [0.4, 0.5) is 11.4 Å². The number of rotatable bonds is 5. The van der Waals surface area contributed by atoms with Gasteiger partial charge in [-0.2, -0.15) is 0 Å². The van der Waals surface area contributed by atoms with Crippen LogP contribution in [0.1, 0.15) is 29.8 Å². The quantitative estimate of drug-likeness (QED) is 0.237. The number of nitrogens with one attached hydrogen (secondary N) is 1. The lowest BCUT2D eigenvalue weighted by atomic mass is 9.83. The molecule has 0 unspecified atom stereocenters. The Balaban J connectivity index is 1.18. The monoisotopic (exact) mass is 536 g/mol. The summed E-state index contributed by atoms with van der Waals surface area (Å²) in [7, 11) is 0. The number of esters is 1. The van der Waals surface area contributed by atoms with Crippen molar-refractivity contribution in [3.8, 4) is 11.1 Å². The molecule has 194 valence electrons. The summed E-state index contributed by atoms with van der Waals surface area (Å²) in [6, 6.07) is 24.1. The number of carbonyl (C=O) groups is 4. The van der Waals surface area contributed by atoms with Crippen LogP contribution >= 0.6 is 11.8 Å². The van der Waals surface area contributed by atoms with Crippen LogP contribution in [0, 0.1) is 0 Å². The zero-order chi connectivity index (χ0) is 27.3. The standard InChI is InChI=1S/C31H24N2O5S/c1-31(2)30(37)32-23-12-5-6-13-24(23)33(31)26(34)16-38-27(35)17-39-25-15-14-19-18-8-3-4-9-20(18)29(36)22-11-7-10-21(25)28(19)22/h3-15H,16-17H2,1-2H3,(H,32,37). The zero-order valence-corrected chi connectivity index (χ0v) is 22.1. The maximum atomic E-state index is 13.2. The second-order valence-electron chi connectivity index (χ2n) is 9.92. The van der Waals surface area contributed by atoms with E-state index in [-0.39, 0.29) is 17.4 Å². The van der Waals surface area contributed by atoms with Crippen molar-refractivity contribution in [1.82, 2.24) is 0 Å². The lowest BCUT2D eigenvalue weighted by Gasteiger charge is -2.41. The Morgan fingerprint density at radius 3 is 2.38 bits per heavy atom. The second-order valence-corrected chi connectivity index (χ2v) is 10.9. The summed E-state index contributed by atoms with van der Waals surface area (Å²) < 4.78 is 5.34. The third-order valence-corrected chi connectivity index (χ3v) is 8.21. The zero-order valence-electron chi connectivity index (χ0n) is 21.3. The highest BCUT2D eigenvalue weighted by molar-refractivity contribution is 8.00. The van der Waals surface area contributed by atoms with Crippen molar-refractivity contribution in [1.29, 1.82) is 0 Å². The van der Waals surface area contributed by atoms with E-state index in [1.54, 1.807) is 38.1 Å². The first-order chi connectivity index (χ1) is 18.8. The van der Waals surface area contributed by atoms with Crippen molar-refractivity contribution >= 4 is 57.5 Å². The van der Waals surface area contributed by atoms with Gasteiger partial charge >= 0.3 is 5.97 Å². The second kappa shape index (κ2) is 9.39. The Hall–Kier alpha value is -4.43. The molecule has 0 saturated heterocycles. The van der Waals surface area contributed by atoms with Gasteiger partial charge in [0, 0.05) is 21.4 Å². The summed E-state index contributed by atoms with van der Waals surface area (Å²) in [4.78, 5) is 53.8. The molecule has 1 aliphatic heterocycles. The first-order valence-electron chi connectivity index (χ1n) is 12.5. The van der Waals surface area contributed by atoms with E-state index in [1.165, 1.54) is 16.7 Å². The van der Waals surface area contributed by atoms with Gasteiger partial charge in [-0.3, -0.25) is 24.1 Å². The molecule has 4 aromatic carbocycles. The fourth-order valence-corrected chi connectivity index (χ4v) is 6.11. The predicted octanol–water partition coefficient (Wildman–Crippen LogP) is 5.45. The number of benzene rings is 4. The molecule has 1 N–H and O–H groups in total. The van der Waals surface area contributed by atoms with E-state index in [0.717, 1.165) is 26.8 Å². The molecule has 0 saturated carbocycles. The molecule has 0 fully saturated rings. The van der Waals surface area contributed by atoms with E-state index in [2.05, 4.69) is 5.32 Å². The highest BCUT2D eigenvalue weighted by Gasteiger charge is 2.43.